The summed E-state index contributed by atoms with van der Waals surface area (Å²) in [6, 6.07) is 7.19. The van der Waals surface area contributed by atoms with Crippen LogP contribution in [-0.2, 0) is 10.0 Å². The minimum atomic E-state index is -3.82. The summed E-state index contributed by atoms with van der Waals surface area (Å²) in [4.78, 5) is 0.147. The van der Waals surface area contributed by atoms with E-state index < -0.39 is 16.4 Å². The van der Waals surface area contributed by atoms with Gasteiger partial charge in [0.25, 0.3) is 6.43 Å². The molecule has 0 bridgehead atoms. The number of benzene rings is 1. The third-order valence-electron chi connectivity index (χ3n) is 4.93. The fourth-order valence-corrected chi connectivity index (χ4v) is 4.90. The number of hydrogen-bond donors (Lipinski definition) is 1. The molecule has 1 fully saturated rings. The van der Waals surface area contributed by atoms with Gasteiger partial charge in [0, 0.05) is 20.8 Å². The molecule has 5 nitrogen and oxygen atoms in total. The molecule has 1 aromatic heterocycles. The number of sulfonamides is 1. The van der Waals surface area contributed by atoms with Crippen LogP contribution in [0.1, 0.15) is 49.9 Å². The normalized spacial score (nSPS) is 26.5. The summed E-state index contributed by atoms with van der Waals surface area (Å²) >= 11 is 7.41. The first kappa shape index (κ1) is 20.9. The van der Waals surface area contributed by atoms with E-state index in [1.54, 1.807) is 0 Å². The molecule has 2 N–H and O–H groups in total. The highest BCUT2D eigenvalue weighted by Gasteiger charge is 2.38. The average molecular weight is 527 g/mol. The van der Waals surface area contributed by atoms with Gasteiger partial charge in [-0.3, -0.25) is 0 Å². The first-order valence-electron chi connectivity index (χ1n) is 8.33. The fraction of sp³-hybridized carbons (Fsp3) is 0.471. The minimum Gasteiger partial charge on any atom is -0.237 e. The lowest BCUT2D eigenvalue weighted by atomic mass is 9.81. The highest BCUT2D eigenvalue weighted by molar-refractivity contribution is 9.12. The maximum Gasteiger partial charge on any atom is 0.282 e. The lowest BCUT2D eigenvalue weighted by Gasteiger charge is -2.37. The molecule has 10 heteroatoms. The number of nitrogens with zero attached hydrogens (tertiary/aromatic N) is 2. The summed E-state index contributed by atoms with van der Waals surface area (Å²) < 4.78 is 50.9. The molecule has 0 aliphatic heterocycles. The molecule has 3 rings (SSSR count). The molecule has 1 aromatic carbocycles. The zero-order chi connectivity index (χ0) is 20.0. The van der Waals surface area contributed by atoms with Crippen LogP contribution in [-0.4, -0.2) is 27.3 Å². The molecular formula is C17H19Br2F2N3O2S. The van der Waals surface area contributed by atoms with Crippen molar-refractivity contribution in [1.29, 1.82) is 0 Å². The molecule has 3 atom stereocenters. The Morgan fingerprint density at radius 1 is 1.33 bits per heavy atom. The maximum absolute atomic E-state index is 13.3. The summed E-state index contributed by atoms with van der Waals surface area (Å²) in [6.07, 6.45) is -0.204. The van der Waals surface area contributed by atoms with Gasteiger partial charge < -0.3 is 0 Å². The smallest absolute Gasteiger partial charge is 0.237 e. The number of alkyl halides is 4. The van der Waals surface area contributed by atoms with Crippen molar-refractivity contribution in [2.75, 3.05) is 0 Å². The molecule has 1 heterocycles. The SMILES string of the molecule is CC1(Br)CCC(c2cc(C(F)F)nn2-c2ccc(S(N)(=O)=O)cc2)CC1Br. The van der Waals surface area contributed by atoms with Crippen molar-refractivity contribution in [3.63, 3.8) is 0 Å². The van der Waals surface area contributed by atoms with Crippen molar-refractivity contribution in [3.8, 4) is 5.69 Å². The number of aromatic nitrogens is 2. The molecule has 0 amide bonds. The Morgan fingerprint density at radius 2 is 1.96 bits per heavy atom. The van der Waals surface area contributed by atoms with Crippen LogP contribution >= 0.6 is 31.9 Å². The Bertz CT molecular complexity index is 930. The van der Waals surface area contributed by atoms with Crippen molar-refractivity contribution in [2.24, 2.45) is 5.14 Å². The third kappa shape index (κ3) is 4.44. The quantitative estimate of drug-likeness (QED) is 0.589. The van der Waals surface area contributed by atoms with Gasteiger partial charge >= 0.3 is 0 Å². The molecule has 1 aliphatic rings. The van der Waals surface area contributed by atoms with Gasteiger partial charge in [-0.2, -0.15) is 5.10 Å². The van der Waals surface area contributed by atoms with Crippen LogP contribution in [0.25, 0.3) is 5.69 Å². The number of hydrogen-bond acceptors (Lipinski definition) is 3. The Labute approximate surface area is 173 Å². The van der Waals surface area contributed by atoms with Crippen LogP contribution < -0.4 is 5.14 Å². The van der Waals surface area contributed by atoms with Gasteiger partial charge in [-0.1, -0.05) is 31.9 Å². The molecule has 2 aromatic rings. The van der Waals surface area contributed by atoms with E-state index in [9.17, 15) is 17.2 Å². The molecule has 27 heavy (non-hydrogen) atoms. The Kier molecular flexibility index (Phi) is 5.82. The van der Waals surface area contributed by atoms with E-state index in [-0.39, 0.29) is 25.7 Å². The number of primary sulfonamides is 1. The van der Waals surface area contributed by atoms with Crippen LogP contribution in [0, 0.1) is 0 Å². The zero-order valence-corrected chi connectivity index (χ0v) is 18.4. The van der Waals surface area contributed by atoms with Gasteiger partial charge in [-0.15, -0.1) is 0 Å². The second-order valence-electron chi connectivity index (χ2n) is 6.96. The van der Waals surface area contributed by atoms with Gasteiger partial charge in [0.15, 0.2) is 0 Å². The first-order valence-corrected chi connectivity index (χ1v) is 11.6. The zero-order valence-electron chi connectivity index (χ0n) is 14.4. The molecule has 0 saturated heterocycles. The molecule has 1 saturated carbocycles. The molecule has 148 valence electrons. The van der Waals surface area contributed by atoms with Gasteiger partial charge in [0.1, 0.15) is 5.69 Å². The van der Waals surface area contributed by atoms with Crippen LogP contribution in [0.3, 0.4) is 0 Å². The van der Waals surface area contributed by atoms with Gasteiger partial charge in [-0.25, -0.2) is 27.0 Å². The second-order valence-corrected chi connectivity index (χ2v) is 11.4. The molecule has 3 unspecified atom stereocenters. The predicted octanol–water partition coefficient (Wildman–Crippen LogP) is 4.64. The lowest BCUT2D eigenvalue weighted by molar-refractivity contribution is 0.145. The highest BCUT2D eigenvalue weighted by atomic mass is 79.9. The van der Waals surface area contributed by atoms with Crippen LogP contribution in [0.4, 0.5) is 8.78 Å². The van der Waals surface area contributed by atoms with E-state index in [1.807, 2.05) is 0 Å². The molecular weight excluding hydrogens is 508 g/mol. The molecule has 0 radical (unpaired) electrons. The first-order chi connectivity index (χ1) is 12.5. The molecule has 0 spiro atoms. The van der Waals surface area contributed by atoms with Crippen LogP contribution in [0.5, 0.6) is 0 Å². The topological polar surface area (TPSA) is 78.0 Å². The minimum absolute atomic E-state index is 0.0396. The lowest BCUT2D eigenvalue weighted by Crippen LogP contribution is -2.35. The monoisotopic (exact) mass is 525 g/mol. The van der Waals surface area contributed by atoms with Crippen LogP contribution in [0.15, 0.2) is 35.2 Å². The van der Waals surface area contributed by atoms with Gasteiger partial charge in [0.05, 0.1) is 10.6 Å². The van der Waals surface area contributed by atoms with Crippen molar-refractivity contribution in [3.05, 3.63) is 41.7 Å². The van der Waals surface area contributed by atoms with Crippen molar-refractivity contribution in [1.82, 2.24) is 9.78 Å². The van der Waals surface area contributed by atoms with Gasteiger partial charge in [-0.05, 0) is 56.5 Å². The summed E-state index contributed by atoms with van der Waals surface area (Å²) in [5, 5.41) is 9.19. The largest absolute Gasteiger partial charge is 0.282 e. The fourth-order valence-electron chi connectivity index (χ4n) is 3.29. The van der Waals surface area contributed by atoms with E-state index in [0.717, 1.165) is 19.3 Å². The average Bonchev–Trinajstić information content (AvgIpc) is 3.02. The summed E-state index contributed by atoms with van der Waals surface area (Å²) in [6.45, 7) is 2.11. The maximum atomic E-state index is 13.3. The second kappa shape index (κ2) is 7.53. The highest BCUT2D eigenvalue weighted by Crippen LogP contribution is 2.46. The van der Waals surface area contributed by atoms with E-state index in [4.69, 9.17) is 5.14 Å². The van der Waals surface area contributed by atoms with E-state index in [0.29, 0.717) is 11.4 Å². The summed E-state index contributed by atoms with van der Waals surface area (Å²) in [5.41, 5.74) is 0.919. The van der Waals surface area contributed by atoms with E-state index in [2.05, 4.69) is 43.9 Å². The standard InChI is InChI=1S/C17H19Br2F2N3O2S/c1-17(19)7-6-10(8-15(17)18)14-9-13(16(20)21)23-24(14)11-2-4-12(5-3-11)27(22,25)26/h2-5,9-10,15-16H,6-8H2,1H3,(H2,22,25,26). The van der Waals surface area contributed by atoms with E-state index in [1.165, 1.54) is 35.0 Å². The Balaban J connectivity index is 2.00. The Morgan fingerprint density at radius 3 is 2.48 bits per heavy atom. The third-order valence-corrected chi connectivity index (χ3v) is 8.81. The molecule has 1 aliphatic carbocycles. The van der Waals surface area contributed by atoms with Crippen molar-refractivity contribution >= 4 is 41.9 Å². The van der Waals surface area contributed by atoms with Crippen LogP contribution in [0.2, 0.25) is 0 Å². The summed E-state index contributed by atoms with van der Waals surface area (Å²) in [7, 11) is -3.82. The number of nitrogens with two attached hydrogens (primary N) is 1. The number of halogens is 4. The predicted molar refractivity (Wildman–Crippen MR) is 107 cm³/mol. The Hall–Kier alpha value is -0.840. The number of rotatable bonds is 4. The van der Waals surface area contributed by atoms with Crippen molar-refractivity contribution < 1.29 is 17.2 Å². The van der Waals surface area contributed by atoms with Gasteiger partial charge in [0.2, 0.25) is 10.0 Å². The van der Waals surface area contributed by atoms with Crippen molar-refractivity contribution in [2.45, 2.75) is 52.6 Å². The summed E-state index contributed by atoms with van der Waals surface area (Å²) in [5.74, 6) is 0.0536. The van der Waals surface area contributed by atoms with E-state index >= 15 is 0 Å².